The molecule has 1 saturated heterocycles. The number of amides is 1. The van der Waals surface area contributed by atoms with Gasteiger partial charge in [-0.2, -0.15) is 5.10 Å². The highest BCUT2D eigenvalue weighted by molar-refractivity contribution is 5.79. The molecule has 25 heavy (non-hydrogen) atoms. The van der Waals surface area contributed by atoms with Gasteiger partial charge in [0.2, 0.25) is 5.91 Å². The lowest BCUT2D eigenvalue weighted by Gasteiger charge is -2.28. The summed E-state index contributed by atoms with van der Waals surface area (Å²) in [5.74, 6) is 1.33. The topological polar surface area (TPSA) is 67.2 Å². The summed E-state index contributed by atoms with van der Waals surface area (Å²) in [6.45, 7) is 5.22. The number of aryl methyl sites for hydroxylation is 1. The summed E-state index contributed by atoms with van der Waals surface area (Å²) in [6.07, 6.45) is 8.02. The number of carbonyl (C=O) groups excluding carboxylic acids is 1. The van der Waals surface area contributed by atoms with Crippen LogP contribution in [0.25, 0.3) is 0 Å². The summed E-state index contributed by atoms with van der Waals surface area (Å²) < 4.78 is 1.89. The third-order valence-electron chi connectivity index (χ3n) is 5.21. The van der Waals surface area contributed by atoms with Crippen LogP contribution in [0.2, 0.25) is 0 Å². The molecule has 2 aromatic heterocycles. The molecular weight excluding hydrogens is 316 g/mol. The van der Waals surface area contributed by atoms with Crippen LogP contribution in [0.5, 0.6) is 0 Å². The van der Waals surface area contributed by atoms with E-state index in [9.17, 15) is 4.79 Å². The van der Waals surface area contributed by atoms with Gasteiger partial charge in [0.25, 0.3) is 0 Å². The zero-order valence-corrected chi connectivity index (χ0v) is 14.4. The lowest BCUT2D eigenvalue weighted by molar-refractivity contribution is -0.136. The first-order valence-corrected chi connectivity index (χ1v) is 9.06. The van der Waals surface area contributed by atoms with Crippen LogP contribution < -0.4 is 0 Å². The van der Waals surface area contributed by atoms with E-state index in [-0.39, 0.29) is 11.8 Å². The van der Waals surface area contributed by atoms with Gasteiger partial charge < -0.3 is 4.90 Å². The van der Waals surface area contributed by atoms with E-state index < -0.39 is 0 Å². The fourth-order valence-corrected chi connectivity index (χ4v) is 3.79. The van der Waals surface area contributed by atoms with Gasteiger partial charge in [0.15, 0.2) is 0 Å². The second-order valence-corrected chi connectivity index (χ2v) is 6.90. The van der Waals surface area contributed by atoms with Crippen molar-refractivity contribution < 1.29 is 4.79 Å². The molecule has 0 spiro atoms. The molecule has 4 rings (SSSR count). The number of pyridine rings is 1. The Morgan fingerprint density at radius 2 is 2.04 bits per heavy atom. The monoisotopic (exact) mass is 340 g/mol. The third-order valence-corrected chi connectivity index (χ3v) is 5.21. The predicted molar refractivity (Wildman–Crippen MR) is 92.5 cm³/mol. The average Bonchev–Trinajstić information content (AvgIpc) is 3.00. The Morgan fingerprint density at radius 1 is 1.16 bits per heavy atom. The van der Waals surface area contributed by atoms with E-state index >= 15 is 0 Å². The molecule has 0 radical (unpaired) electrons. The Balaban J connectivity index is 1.34. The van der Waals surface area contributed by atoms with Crippen LogP contribution in [0.3, 0.4) is 0 Å². The van der Waals surface area contributed by atoms with Crippen molar-refractivity contribution >= 4 is 5.91 Å². The van der Waals surface area contributed by atoms with Crippen LogP contribution in [0.1, 0.15) is 24.2 Å². The van der Waals surface area contributed by atoms with Crippen LogP contribution in [0, 0.1) is 5.92 Å². The number of rotatable bonds is 3. The van der Waals surface area contributed by atoms with Crippen LogP contribution in [-0.4, -0.2) is 61.6 Å². The lowest BCUT2D eigenvalue weighted by atomic mass is 9.98. The zero-order chi connectivity index (χ0) is 17.1. The molecular formula is C18H24N6O. The van der Waals surface area contributed by atoms with Crippen LogP contribution in [-0.2, 0) is 24.3 Å². The van der Waals surface area contributed by atoms with Crippen molar-refractivity contribution in [3.05, 3.63) is 42.2 Å². The molecule has 0 bridgehead atoms. The second kappa shape index (κ2) is 7.31. The summed E-state index contributed by atoms with van der Waals surface area (Å²) in [6, 6.07) is 4.12. The largest absolute Gasteiger partial charge is 0.341 e. The van der Waals surface area contributed by atoms with E-state index in [0.29, 0.717) is 6.54 Å². The van der Waals surface area contributed by atoms with Crippen molar-refractivity contribution in [2.24, 2.45) is 5.92 Å². The minimum Gasteiger partial charge on any atom is -0.341 e. The number of hydrogen-bond donors (Lipinski definition) is 0. The number of fused-ring (bicyclic) bond motifs is 1. The van der Waals surface area contributed by atoms with Gasteiger partial charge in [-0.3, -0.25) is 14.7 Å². The normalized spacial score (nSPS) is 21.6. The van der Waals surface area contributed by atoms with Crippen LogP contribution >= 0.6 is 0 Å². The van der Waals surface area contributed by atoms with E-state index in [1.165, 1.54) is 5.56 Å². The number of nitrogens with zero attached hydrogens (tertiary/aromatic N) is 6. The summed E-state index contributed by atoms with van der Waals surface area (Å²) in [5, 5.41) is 4.23. The van der Waals surface area contributed by atoms with Gasteiger partial charge in [0.1, 0.15) is 12.2 Å². The van der Waals surface area contributed by atoms with Gasteiger partial charge in [0, 0.05) is 51.5 Å². The van der Waals surface area contributed by atoms with Crippen molar-refractivity contribution in [1.82, 2.24) is 29.5 Å². The summed E-state index contributed by atoms with van der Waals surface area (Å²) in [5.41, 5.74) is 1.28. The van der Waals surface area contributed by atoms with E-state index in [1.807, 2.05) is 17.1 Å². The fourth-order valence-electron chi connectivity index (χ4n) is 3.79. The number of hydrogen-bond acceptors (Lipinski definition) is 5. The molecule has 2 aliphatic rings. The maximum absolute atomic E-state index is 12.9. The van der Waals surface area contributed by atoms with Crippen molar-refractivity contribution in [2.75, 3.05) is 26.2 Å². The van der Waals surface area contributed by atoms with Crippen molar-refractivity contribution in [3.8, 4) is 0 Å². The number of aromatic nitrogens is 4. The van der Waals surface area contributed by atoms with E-state index in [4.69, 9.17) is 0 Å². The molecule has 132 valence electrons. The molecule has 7 heteroatoms. The molecule has 1 atom stereocenters. The van der Waals surface area contributed by atoms with Crippen molar-refractivity contribution in [1.29, 1.82) is 0 Å². The quantitative estimate of drug-likeness (QED) is 0.833. The van der Waals surface area contributed by atoms with Crippen molar-refractivity contribution in [3.63, 3.8) is 0 Å². The van der Waals surface area contributed by atoms with E-state index in [0.717, 1.165) is 57.8 Å². The molecule has 0 N–H and O–H groups in total. The molecule has 4 heterocycles. The average molecular weight is 340 g/mol. The Kier molecular flexibility index (Phi) is 4.74. The van der Waals surface area contributed by atoms with Crippen LogP contribution in [0.15, 0.2) is 30.9 Å². The van der Waals surface area contributed by atoms with E-state index in [2.05, 4.69) is 37.0 Å². The third kappa shape index (κ3) is 3.71. The summed E-state index contributed by atoms with van der Waals surface area (Å²) in [7, 11) is 0. The molecule has 1 amide bonds. The van der Waals surface area contributed by atoms with Gasteiger partial charge in [-0.25, -0.2) is 9.67 Å². The van der Waals surface area contributed by atoms with Gasteiger partial charge in [-0.05, 0) is 30.5 Å². The Labute approximate surface area is 147 Å². The Bertz CT molecular complexity index is 715. The predicted octanol–water partition coefficient (Wildman–Crippen LogP) is 0.970. The first kappa shape index (κ1) is 16.2. The van der Waals surface area contributed by atoms with Crippen LogP contribution in [0.4, 0.5) is 0 Å². The molecule has 1 unspecified atom stereocenters. The molecule has 2 aromatic rings. The SMILES string of the molecule is O=C(C1CCc2ncnn2C1)N1CCCN(Cc2ccncc2)CC1. The molecule has 0 saturated carbocycles. The van der Waals surface area contributed by atoms with Gasteiger partial charge in [-0.15, -0.1) is 0 Å². The highest BCUT2D eigenvalue weighted by Crippen LogP contribution is 2.21. The molecule has 2 aliphatic heterocycles. The summed E-state index contributed by atoms with van der Waals surface area (Å²) in [4.78, 5) is 25.7. The molecule has 0 aliphatic carbocycles. The lowest BCUT2D eigenvalue weighted by Crippen LogP contribution is -2.41. The highest BCUT2D eigenvalue weighted by Gasteiger charge is 2.30. The van der Waals surface area contributed by atoms with Crippen molar-refractivity contribution in [2.45, 2.75) is 32.4 Å². The molecule has 7 nitrogen and oxygen atoms in total. The highest BCUT2D eigenvalue weighted by atomic mass is 16.2. The smallest absolute Gasteiger partial charge is 0.227 e. The Morgan fingerprint density at radius 3 is 2.92 bits per heavy atom. The maximum Gasteiger partial charge on any atom is 0.227 e. The van der Waals surface area contributed by atoms with Gasteiger partial charge in [0.05, 0.1) is 12.5 Å². The standard InChI is InChI=1S/C18H24N6O/c25-18(16-2-3-17-20-14-21-24(17)13-16)23-9-1-8-22(10-11-23)12-15-4-6-19-7-5-15/h4-7,14,16H,1-3,8-13H2. The maximum atomic E-state index is 12.9. The fraction of sp³-hybridized carbons (Fsp3) is 0.556. The van der Waals surface area contributed by atoms with Gasteiger partial charge >= 0.3 is 0 Å². The van der Waals surface area contributed by atoms with E-state index in [1.54, 1.807) is 6.33 Å². The minimum atomic E-state index is 0.0425. The minimum absolute atomic E-state index is 0.0425. The van der Waals surface area contributed by atoms with Gasteiger partial charge in [-0.1, -0.05) is 0 Å². The molecule has 1 fully saturated rings. The zero-order valence-electron chi connectivity index (χ0n) is 14.4. The Hall–Kier alpha value is -2.28. The summed E-state index contributed by atoms with van der Waals surface area (Å²) >= 11 is 0. The number of carbonyl (C=O) groups is 1. The molecule has 0 aromatic carbocycles. The second-order valence-electron chi connectivity index (χ2n) is 6.90. The first-order valence-electron chi connectivity index (χ1n) is 9.06. The first-order chi connectivity index (χ1) is 12.3.